The van der Waals surface area contributed by atoms with Crippen LogP contribution < -0.4 is 10.6 Å². The van der Waals surface area contributed by atoms with Gasteiger partial charge in [0.15, 0.2) is 5.82 Å². The van der Waals surface area contributed by atoms with Gasteiger partial charge in [0.05, 0.1) is 46.2 Å². The number of rotatable bonds is 6. The van der Waals surface area contributed by atoms with E-state index in [1.807, 2.05) is 6.92 Å². The zero-order valence-electron chi connectivity index (χ0n) is 18.3. The first-order valence-corrected chi connectivity index (χ1v) is 11.6. The molecule has 33 heavy (non-hydrogen) atoms. The maximum Gasteiger partial charge on any atom is 0.323 e. The molecule has 0 atom stereocenters. The van der Waals surface area contributed by atoms with Crippen LogP contribution in [0.25, 0.3) is 16.2 Å². The third kappa shape index (κ3) is 4.26. The molecule has 1 saturated carbocycles. The molecule has 5 rings (SSSR count). The summed E-state index contributed by atoms with van der Waals surface area (Å²) in [7, 11) is 4.12. The van der Waals surface area contributed by atoms with Crippen molar-refractivity contribution in [3.63, 3.8) is 0 Å². The number of thiazole rings is 1. The summed E-state index contributed by atoms with van der Waals surface area (Å²) >= 11 is 7.88. The van der Waals surface area contributed by atoms with Gasteiger partial charge in [-0.1, -0.05) is 22.9 Å². The molecule has 4 heterocycles. The SMILES string of the molecule is Cc1nc2c(C3(CN(C)C)CC3)c(NC(=O)Nc3cnc(-n4nccn4)c(Cl)c3)cnc2s1. The lowest BCUT2D eigenvalue weighted by atomic mass is 9.93. The van der Waals surface area contributed by atoms with Gasteiger partial charge in [0.1, 0.15) is 10.3 Å². The molecule has 0 aromatic carbocycles. The number of aromatic nitrogens is 6. The first kappa shape index (κ1) is 21.7. The van der Waals surface area contributed by atoms with Gasteiger partial charge < -0.3 is 15.5 Å². The third-order valence-corrected chi connectivity index (χ3v) is 6.63. The van der Waals surface area contributed by atoms with E-state index in [0.717, 1.165) is 40.3 Å². The van der Waals surface area contributed by atoms with Gasteiger partial charge >= 0.3 is 6.03 Å². The lowest BCUT2D eigenvalue weighted by Crippen LogP contribution is -2.28. The molecule has 2 amide bonds. The normalized spacial score (nSPS) is 14.6. The van der Waals surface area contributed by atoms with Crippen molar-refractivity contribution in [2.24, 2.45) is 0 Å². The topological polar surface area (TPSA) is 114 Å². The molecule has 0 bridgehead atoms. The fourth-order valence-electron chi connectivity index (χ4n) is 4.11. The number of anilines is 2. The molecule has 0 unspecified atom stereocenters. The number of carbonyl (C=O) groups excluding carboxylic acids is 1. The largest absolute Gasteiger partial charge is 0.323 e. The molecule has 1 aliphatic rings. The molecule has 1 fully saturated rings. The number of urea groups is 1. The minimum atomic E-state index is -0.409. The van der Waals surface area contributed by atoms with Gasteiger partial charge in [-0.3, -0.25) is 0 Å². The van der Waals surface area contributed by atoms with E-state index in [4.69, 9.17) is 16.6 Å². The molecule has 0 spiro atoms. The Hall–Kier alpha value is -3.15. The van der Waals surface area contributed by atoms with Crippen molar-refractivity contribution in [1.29, 1.82) is 0 Å². The molecule has 1 aliphatic carbocycles. The Morgan fingerprint density at radius 2 is 1.97 bits per heavy atom. The van der Waals surface area contributed by atoms with Gasteiger partial charge in [0.25, 0.3) is 0 Å². The summed E-state index contributed by atoms with van der Waals surface area (Å²) in [5.41, 5.74) is 2.99. The predicted molar refractivity (Wildman–Crippen MR) is 128 cm³/mol. The number of hydrogen-bond donors (Lipinski definition) is 2. The summed E-state index contributed by atoms with van der Waals surface area (Å²) in [6, 6.07) is 1.20. The number of amides is 2. The minimum Gasteiger partial charge on any atom is -0.309 e. The van der Waals surface area contributed by atoms with Gasteiger partial charge in [-0.05, 0) is 39.9 Å². The van der Waals surface area contributed by atoms with E-state index in [9.17, 15) is 4.79 Å². The smallest absolute Gasteiger partial charge is 0.309 e. The van der Waals surface area contributed by atoms with E-state index >= 15 is 0 Å². The van der Waals surface area contributed by atoms with E-state index in [1.165, 1.54) is 23.4 Å². The molecule has 4 aromatic rings. The molecule has 0 aliphatic heterocycles. The number of fused-ring (bicyclic) bond motifs is 1. The Labute approximate surface area is 199 Å². The molecule has 12 heteroatoms. The first-order valence-electron chi connectivity index (χ1n) is 10.4. The molecule has 0 radical (unpaired) electrons. The van der Waals surface area contributed by atoms with Crippen LogP contribution in [0.5, 0.6) is 0 Å². The van der Waals surface area contributed by atoms with Crippen molar-refractivity contribution in [2.75, 3.05) is 31.3 Å². The molecular weight excluding hydrogens is 462 g/mol. The summed E-state index contributed by atoms with van der Waals surface area (Å²) in [4.78, 5) is 30.8. The highest BCUT2D eigenvalue weighted by atomic mass is 35.5. The second-order valence-electron chi connectivity index (χ2n) is 8.38. The highest BCUT2D eigenvalue weighted by molar-refractivity contribution is 7.18. The summed E-state index contributed by atoms with van der Waals surface area (Å²) in [6.07, 6.45) is 8.38. The number of aryl methyl sites for hydroxylation is 1. The average molecular weight is 484 g/mol. The number of likely N-dealkylation sites (N-methyl/N-ethyl adjacent to an activating group) is 1. The zero-order chi connectivity index (χ0) is 23.2. The van der Waals surface area contributed by atoms with Gasteiger partial charge in [0, 0.05) is 17.5 Å². The van der Waals surface area contributed by atoms with Crippen LogP contribution in [0.4, 0.5) is 16.2 Å². The second kappa shape index (κ2) is 8.32. The Bertz CT molecular complexity index is 1330. The maximum atomic E-state index is 12.9. The highest BCUT2D eigenvalue weighted by Gasteiger charge is 2.48. The van der Waals surface area contributed by atoms with Crippen molar-refractivity contribution in [3.05, 3.63) is 46.4 Å². The lowest BCUT2D eigenvalue weighted by molar-refractivity contribution is 0.262. The van der Waals surface area contributed by atoms with Crippen LogP contribution in [0, 0.1) is 6.92 Å². The van der Waals surface area contributed by atoms with Crippen molar-refractivity contribution in [1.82, 2.24) is 34.8 Å². The van der Waals surface area contributed by atoms with Crippen molar-refractivity contribution in [2.45, 2.75) is 25.2 Å². The van der Waals surface area contributed by atoms with E-state index in [1.54, 1.807) is 23.6 Å². The molecule has 0 saturated heterocycles. The summed E-state index contributed by atoms with van der Waals surface area (Å²) in [5, 5.41) is 15.1. The lowest BCUT2D eigenvalue weighted by Gasteiger charge is -2.23. The summed E-state index contributed by atoms with van der Waals surface area (Å²) in [6.45, 7) is 2.85. The van der Waals surface area contributed by atoms with Crippen LogP contribution in [-0.2, 0) is 5.41 Å². The molecule has 4 aromatic heterocycles. The molecule has 170 valence electrons. The van der Waals surface area contributed by atoms with Crippen LogP contribution in [0.3, 0.4) is 0 Å². The number of nitrogens with one attached hydrogen (secondary N) is 2. The van der Waals surface area contributed by atoms with Gasteiger partial charge in [0.2, 0.25) is 0 Å². The number of halogens is 1. The monoisotopic (exact) mass is 483 g/mol. The average Bonchev–Trinajstić information content (AvgIpc) is 3.14. The maximum absolute atomic E-state index is 12.9. The number of hydrogen-bond acceptors (Lipinski definition) is 8. The van der Waals surface area contributed by atoms with Crippen molar-refractivity contribution < 1.29 is 4.79 Å². The van der Waals surface area contributed by atoms with Crippen molar-refractivity contribution >= 4 is 50.7 Å². The standard InChI is InChI=1S/C21H22ClN9OS/c1-12-27-17-16(21(4-5-21)11-30(2)3)15(10-24-19(17)33-12)29-20(32)28-13-8-14(22)18(23-9-13)31-25-6-7-26-31/h6-10H,4-5,11H2,1-3H3,(H2,28,29,32). The molecule has 10 nitrogen and oxygen atoms in total. The zero-order valence-corrected chi connectivity index (χ0v) is 19.9. The first-order chi connectivity index (χ1) is 15.8. The van der Waals surface area contributed by atoms with Crippen molar-refractivity contribution in [3.8, 4) is 5.82 Å². The minimum absolute atomic E-state index is 0.0446. The fraction of sp³-hybridized carbons (Fsp3) is 0.333. The van der Waals surface area contributed by atoms with Crippen LogP contribution in [0.15, 0.2) is 30.9 Å². The Morgan fingerprint density at radius 1 is 1.21 bits per heavy atom. The molecule has 2 N–H and O–H groups in total. The number of carbonyl (C=O) groups is 1. The van der Waals surface area contributed by atoms with Crippen LogP contribution in [0.1, 0.15) is 23.4 Å². The van der Waals surface area contributed by atoms with E-state index in [0.29, 0.717) is 22.2 Å². The second-order valence-corrected chi connectivity index (χ2v) is 9.97. The van der Waals surface area contributed by atoms with Gasteiger partial charge in [-0.15, -0.1) is 4.80 Å². The predicted octanol–water partition coefficient (Wildman–Crippen LogP) is 3.87. The van der Waals surface area contributed by atoms with E-state index in [2.05, 4.69) is 49.8 Å². The summed E-state index contributed by atoms with van der Waals surface area (Å²) in [5.74, 6) is 0.378. The van der Waals surface area contributed by atoms with Crippen LogP contribution >= 0.6 is 22.9 Å². The summed E-state index contributed by atoms with van der Waals surface area (Å²) < 4.78 is 0. The Morgan fingerprint density at radius 3 is 2.64 bits per heavy atom. The van der Waals surface area contributed by atoms with E-state index < -0.39 is 6.03 Å². The quantitative estimate of drug-likeness (QED) is 0.428. The Kier molecular flexibility index (Phi) is 5.47. The highest BCUT2D eigenvalue weighted by Crippen LogP contribution is 2.53. The fourth-order valence-corrected chi connectivity index (χ4v) is 5.12. The Balaban J connectivity index is 1.42. The molecular formula is C21H22ClN9OS. The van der Waals surface area contributed by atoms with Gasteiger partial charge in [-0.2, -0.15) is 10.2 Å². The van der Waals surface area contributed by atoms with Gasteiger partial charge in [-0.25, -0.2) is 19.7 Å². The third-order valence-electron chi connectivity index (χ3n) is 5.47. The van der Waals surface area contributed by atoms with Crippen LogP contribution in [0.2, 0.25) is 5.02 Å². The number of nitrogens with zero attached hydrogens (tertiary/aromatic N) is 7. The van der Waals surface area contributed by atoms with Crippen LogP contribution in [-0.4, -0.2) is 61.5 Å². The van der Waals surface area contributed by atoms with E-state index in [-0.39, 0.29) is 5.41 Å². The number of pyridine rings is 2.